The molecule has 0 saturated heterocycles. The van der Waals surface area contributed by atoms with Crippen LogP contribution in [0.2, 0.25) is 0 Å². The van der Waals surface area contributed by atoms with Crippen molar-refractivity contribution >= 4 is 17.3 Å². The minimum absolute atomic E-state index is 0.0736. The highest BCUT2D eigenvalue weighted by atomic mass is 32.1. The van der Waals surface area contributed by atoms with Crippen LogP contribution in [0, 0.1) is 12.7 Å². The number of halogens is 1. The predicted molar refractivity (Wildman–Crippen MR) is 96.2 cm³/mol. The molecule has 2 N–H and O–H groups in total. The first-order valence-electron chi connectivity index (χ1n) is 7.88. The Morgan fingerprint density at radius 3 is 2.88 bits per heavy atom. The number of thiazole rings is 1. The Morgan fingerprint density at radius 2 is 2.25 bits per heavy atom. The first-order valence-corrected chi connectivity index (χ1v) is 8.76. The molecular formula is C17H23FN4OS. The number of aliphatic imine (C=N–C) groups is 1. The fourth-order valence-corrected chi connectivity index (χ4v) is 2.81. The number of aromatic nitrogens is 1. The van der Waals surface area contributed by atoms with Crippen LogP contribution in [0.4, 0.5) is 4.39 Å². The lowest BCUT2D eigenvalue weighted by Gasteiger charge is -2.20. The summed E-state index contributed by atoms with van der Waals surface area (Å²) in [4.78, 5) is 9.62. The molecular weight excluding hydrogens is 327 g/mol. The van der Waals surface area contributed by atoms with Crippen molar-refractivity contribution in [2.75, 3.05) is 13.6 Å². The minimum Gasteiger partial charge on any atom is -0.489 e. The second-order valence-electron chi connectivity index (χ2n) is 5.27. The Hall–Kier alpha value is -2.15. The van der Waals surface area contributed by atoms with Crippen molar-refractivity contribution in [3.8, 4) is 5.75 Å². The van der Waals surface area contributed by atoms with Gasteiger partial charge < -0.3 is 15.4 Å². The Kier molecular flexibility index (Phi) is 6.99. The van der Waals surface area contributed by atoms with E-state index in [2.05, 4.69) is 20.6 Å². The number of nitrogens with zero attached hydrogens (tertiary/aromatic N) is 2. The molecule has 2 rings (SSSR count). The zero-order valence-electron chi connectivity index (χ0n) is 14.2. The first-order chi connectivity index (χ1) is 11.6. The molecule has 0 aliphatic carbocycles. The summed E-state index contributed by atoms with van der Waals surface area (Å²) in [7, 11) is 1.73. The van der Waals surface area contributed by atoms with Gasteiger partial charge in [-0.05, 0) is 25.5 Å². The highest BCUT2D eigenvalue weighted by molar-refractivity contribution is 7.09. The minimum atomic E-state index is -0.298. The van der Waals surface area contributed by atoms with Gasteiger partial charge in [0.15, 0.2) is 5.96 Å². The van der Waals surface area contributed by atoms with Gasteiger partial charge in [-0.1, -0.05) is 13.0 Å². The number of ether oxygens (including phenoxy) is 1. The molecule has 1 heterocycles. The van der Waals surface area contributed by atoms with E-state index in [9.17, 15) is 4.39 Å². The van der Waals surface area contributed by atoms with Crippen LogP contribution in [0.15, 0.2) is 34.8 Å². The summed E-state index contributed by atoms with van der Waals surface area (Å²) in [5.74, 6) is 0.934. The zero-order chi connectivity index (χ0) is 17.4. The van der Waals surface area contributed by atoms with Crippen molar-refractivity contribution in [3.05, 3.63) is 46.2 Å². The maximum Gasteiger partial charge on any atom is 0.191 e. The molecule has 0 aliphatic heterocycles. The molecule has 7 heteroatoms. The van der Waals surface area contributed by atoms with Crippen LogP contribution in [-0.2, 0) is 6.54 Å². The molecule has 24 heavy (non-hydrogen) atoms. The van der Waals surface area contributed by atoms with Gasteiger partial charge in [-0.15, -0.1) is 11.3 Å². The molecule has 0 spiro atoms. The number of nitrogens with one attached hydrogen (secondary N) is 2. The summed E-state index contributed by atoms with van der Waals surface area (Å²) >= 11 is 1.62. The van der Waals surface area contributed by atoms with Gasteiger partial charge in [-0.25, -0.2) is 9.37 Å². The van der Waals surface area contributed by atoms with Crippen LogP contribution < -0.4 is 15.4 Å². The van der Waals surface area contributed by atoms with Gasteiger partial charge in [0.2, 0.25) is 0 Å². The third-order valence-electron chi connectivity index (χ3n) is 3.54. The number of guanidine groups is 1. The Balaban J connectivity index is 1.83. The van der Waals surface area contributed by atoms with E-state index < -0.39 is 0 Å². The number of hydrogen-bond acceptors (Lipinski definition) is 4. The van der Waals surface area contributed by atoms with E-state index in [4.69, 9.17) is 4.74 Å². The van der Waals surface area contributed by atoms with Crippen LogP contribution in [0.25, 0.3) is 0 Å². The van der Waals surface area contributed by atoms with Gasteiger partial charge in [-0.2, -0.15) is 0 Å². The summed E-state index contributed by atoms with van der Waals surface area (Å²) in [6.07, 6.45) is 0.726. The molecule has 1 aromatic carbocycles. The highest BCUT2D eigenvalue weighted by Crippen LogP contribution is 2.15. The van der Waals surface area contributed by atoms with Gasteiger partial charge in [0.05, 0.1) is 24.3 Å². The molecule has 5 nitrogen and oxygen atoms in total. The molecule has 0 saturated carbocycles. The second kappa shape index (κ2) is 9.22. The average Bonchev–Trinajstić information content (AvgIpc) is 2.99. The van der Waals surface area contributed by atoms with Crippen molar-refractivity contribution in [1.82, 2.24) is 15.6 Å². The van der Waals surface area contributed by atoms with Crippen LogP contribution in [0.3, 0.4) is 0 Å². The molecule has 0 fully saturated rings. The van der Waals surface area contributed by atoms with E-state index in [1.54, 1.807) is 30.5 Å². The van der Waals surface area contributed by atoms with Crippen molar-refractivity contribution in [2.24, 2.45) is 4.99 Å². The standard InChI is InChI=1S/C17H23FN4OS/c1-4-14(23-15-7-5-6-13(18)8-15)9-20-17(19-3)21-10-16-12(2)22-11-24-16/h5-8,11,14H,4,9-10H2,1-3H3,(H2,19,20,21). The van der Waals surface area contributed by atoms with E-state index in [0.29, 0.717) is 24.8 Å². The fraction of sp³-hybridized carbons (Fsp3) is 0.412. The second-order valence-corrected chi connectivity index (χ2v) is 6.21. The molecule has 2 aromatic rings. The quantitative estimate of drug-likeness (QED) is 0.595. The van der Waals surface area contributed by atoms with Crippen LogP contribution in [0.1, 0.15) is 23.9 Å². The summed E-state index contributed by atoms with van der Waals surface area (Å²) in [5.41, 5.74) is 2.87. The number of benzene rings is 1. The predicted octanol–water partition coefficient (Wildman–Crippen LogP) is 3.11. The molecule has 130 valence electrons. The molecule has 1 unspecified atom stereocenters. The maximum atomic E-state index is 13.2. The summed E-state index contributed by atoms with van der Waals surface area (Å²) < 4.78 is 19.0. The van der Waals surface area contributed by atoms with Crippen LogP contribution >= 0.6 is 11.3 Å². The van der Waals surface area contributed by atoms with Crippen LogP contribution in [0.5, 0.6) is 5.75 Å². The number of rotatable bonds is 7. The lowest BCUT2D eigenvalue weighted by atomic mass is 10.2. The molecule has 0 aliphatic rings. The lowest BCUT2D eigenvalue weighted by molar-refractivity contribution is 0.199. The monoisotopic (exact) mass is 350 g/mol. The van der Waals surface area contributed by atoms with Gasteiger partial charge in [-0.3, -0.25) is 4.99 Å². The van der Waals surface area contributed by atoms with Gasteiger partial charge in [0.25, 0.3) is 0 Å². The largest absolute Gasteiger partial charge is 0.489 e. The fourth-order valence-electron chi connectivity index (χ4n) is 2.09. The summed E-state index contributed by atoms with van der Waals surface area (Å²) in [6, 6.07) is 6.19. The Morgan fingerprint density at radius 1 is 1.42 bits per heavy atom. The maximum absolute atomic E-state index is 13.2. The van der Waals surface area contributed by atoms with E-state index in [1.807, 2.05) is 19.4 Å². The van der Waals surface area contributed by atoms with E-state index in [1.165, 1.54) is 17.0 Å². The molecule has 1 atom stereocenters. The topological polar surface area (TPSA) is 58.5 Å². The van der Waals surface area contributed by atoms with Crippen molar-refractivity contribution < 1.29 is 9.13 Å². The molecule has 0 radical (unpaired) electrons. The normalized spacial score (nSPS) is 12.8. The molecule has 0 amide bonds. The highest BCUT2D eigenvalue weighted by Gasteiger charge is 2.10. The molecule has 1 aromatic heterocycles. The smallest absolute Gasteiger partial charge is 0.191 e. The number of aryl methyl sites for hydroxylation is 1. The Labute approximate surface area is 146 Å². The zero-order valence-corrected chi connectivity index (χ0v) is 15.0. The van der Waals surface area contributed by atoms with Crippen LogP contribution in [-0.4, -0.2) is 30.6 Å². The first kappa shape index (κ1) is 18.2. The van der Waals surface area contributed by atoms with Gasteiger partial charge in [0.1, 0.15) is 17.7 Å². The third-order valence-corrected chi connectivity index (χ3v) is 4.47. The third kappa shape index (κ3) is 5.49. The Bertz CT molecular complexity index is 674. The average molecular weight is 350 g/mol. The lowest BCUT2D eigenvalue weighted by Crippen LogP contribution is -2.42. The SMILES string of the molecule is CCC(CNC(=NC)NCc1scnc1C)Oc1cccc(F)c1. The van der Waals surface area contributed by atoms with Crippen molar-refractivity contribution in [2.45, 2.75) is 32.9 Å². The summed E-state index contributed by atoms with van der Waals surface area (Å²) in [5, 5.41) is 6.50. The van der Waals surface area contributed by atoms with E-state index >= 15 is 0 Å². The van der Waals surface area contributed by atoms with Gasteiger partial charge >= 0.3 is 0 Å². The number of hydrogen-bond donors (Lipinski definition) is 2. The van der Waals surface area contributed by atoms with Crippen molar-refractivity contribution in [1.29, 1.82) is 0 Å². The summed E-state index contributed by atoms with van der Waals surface area (Å²) in [6.45, 7) is 5.28. The van der Waals surface area contributed by atoms with Gasteiger partial charge in [0, 0.05) is 18.0 Å². The van der Waals surface area contributed by atoms with E-state index in [-0.39, 0.29) is 11.9 Å². The molecule has 0 bridgehead atoms. The van der Waals surface area contributed by atoms with E-state index in [0.717, 1.165) is 12.1 Å². The van der Waals surface area contributed by atoms with Crippen molar-refractivity contribution in [3.63, 3.8) is 0 Å².